The number of ether oxygens (including phenoxy) is 3. The van der Waals surface area contributed by atoms with E-state index < -0.39 is 6.61 Å². The molecular formula is C21H23F2NO4. The molecule has 0 saturated heterocycles. The van der Waals surface area contributed by atoms with Crippen LogP contribution in [0, 0.1) is 5.92 Å². The third kappa shape index (κ3) is 5.90. The number of nitrogens with zero attached hydrogens (tertiary/aromatic N) is 1. The topological polar surface area (TPSA) is 57.7 Å². The fourth-order valence-electron chi connectivity index (χ4n) is 2.73. The summed E-state index contributed by atoms with van der Waals surface area (Å²) in [6.45, 7) is -0.326. The summed E-state index contributed by atoms with van der Waals surface area (Å²) in [4.78, 5) is 16.1. The summed E-state index contributed by atoms with van der Waals surface area (Å²) in [5.74, 6) is 0.494. The summed E-state index contributed by atoms with van der Waals surface area (Å²) in [6.07, 6.45) is 4.99. The number of carbonyl (C=O) groups excluding carboxylic acids is 1. The smallest absolute Gasteiger partial charge is 0.387 e. The molecule has 0 radical (unpaired) electrons. The van der Waals surface area contributed by atoms with Crippen LogP contribution in [0.1, 0.15) is 41.4 Å². The molecule has 150 valence electrons. The molecule has 28 heavy (non-hydrogen) atoms. The van der Waals surface area contributed by atoms with Crippen LogP contribution in [0.4, 0.5) is 8.78 Å². The van der Waals surface area contributed by atoms with E-state index in [1.54, 1.807) is 37.4 Å². The fraction of sp³-hybridized carbons (Fsp3) is 0.429. The zero-order valence-corrected chi connectivity index (χ0v) is 15.7. The highest BCUT2D eigenvalue weighted by Crippen LogP contribution is 2.34. The molecule has 0 bridgehead atoms. The molecule has 0 amide bonds. The predicted molar refractivity (Wildman–Crippen MR) is 98.9 cm³/mol. The monoisotopic (exact) mass is 391 g/mol. The Hall–Kier alpha value is -2.70. The molecular weight excluding hydrogens is 368 g/mol. The quantitative estimate of drug-likeness (QED) is 0.561. The van der Waals surface area contributed by atoms with E-state index in [1.165, 1.54) is 6.07 Å². The van der Waals surface area contributed by atoms with Gasteiger partial charge in [0.2, 0.25) is 0 Å². The molecule has 1 fully saturated rings. The Balaban J connectivity index is 1.67. The molecule has 5 nitrogen and oxygen atoms in total. The third-order valence-electron chi connectivity index (χ3n) is 4.39. The number of rotatable bonds is 10. The molecule has 3 rings (SSSR count). The molecule has 1 aromatic carbocycles. The van der Waals surface area contributed by atoms with E-state index in [-0.39, 0.29) is 11.7 Å². The third-order valence-corrected chi connectivity index (χ3v) is 4.39. The summed E-state index contributed by atoms with van der Waals surface area (Å²) in [7, 11) is 0. The normalized spacial score (nSPS) is 13.4. The molecule has 1 aromatic heterocycles. The van der Waals surface area contributed by atoms with Crippen LogP contribution in [-0.2, 0) is 17.6 Å². The van der Waals surface area contributed by atoms with Crippen molar-refractivity contribution in [3.05, 3.63) is 53.3 Å². The Bertz CT molecular complexity index is 809. The van der Waals surface area contributed by atoms with Crippen LogP contribution in [0.2, 0.25) is 0 Å². The van der Waals surface area contributed by atoms with Crippen molar-refractivity contribution in [2.24, 2.45) is 5.92 Å². The second-order valence-electron chi connectivity index (χ2n) is 6.67. The van der Waals surface area contributed by atoms with Gasteiger partial charge in [-0.15, -0.1) is 0 Å². The van der Waals surface area contributed by atoms with Gasteiger partial charge in [-0.05, 0) is 68.4 Å². The van der Waals surface area contributed by atoms with Gasteiger partial charge in [-0.2, -0.15) is 8.78 Å². The molecule has 0 spiro atoms. The van der Waals surface area contributed by atoms with Crippen molar-refractivity contribution in [3.63, 3.8) is 0 Å². The van der Waals surface area contributed by atoms with Gasteiger partial charge in [0, 0.05) is 11.9 Å². The standard InChI is InChI=1S/C21H23F2NO4/c1-2-26-20(25)16-9-10-24-17(12-16)7-5-14-6-8-18(28-21(22)23)19(11-14)27-13-15-3-4-15/h6,8-12,15,21H,2-5,7,13H2,1H3. The van der Waals surface area contributed by atoms with Gasteiger partial charge in [0.05, 0.1) is 18.8 Å². The van der Waals surface area contributed by atoms with Crippen LogP contribution in [0.15, 0.2) is 36.5 Å². The number of aryl methyl sites for hydroxylation is 2. The minimum absolute atomic E-state index is 0.0434. The molecule has 1 heterocycles. The summed E-state index contributed by atoms with van der Waals surface area (Å²) >= 11 is 0. The Kier molecular flexibility index (Phi) is 6.79. The van der Waals surface area contributed by atoms with Crippen LogP contribution < -0.4 is 9.47 Å². The van der Waals surface area contributed by atoms with Crippen molar-refractivity contribution in [1.82, 2.24) is 4.98 Å². The summed E-state index contributed by atoms with van der Waals surface area (Å²) in [6, 6.07) is 8.29. The van der Waals surface area contributed by atoms with E-state index >= 15 is 0 Å². The largest absolute Gasteiger partial charge is 0.489 e. The first-order valence-electron chi connectivity index (χ1n) is 9.37. The molecule has 1 aliphatic rings. The average Bonchev–Trinajstić information content (AvgIpc) is 3.50. The molecule has 7 heteroatoms. The molecule has 0 atom stereocenters. The number of aromatic nitrogens is 1. The zero-order chi connectivity index (χ0) is 19.9. The van der Waals surface area contributed by atoms with E-state index in [2.05, 4.69) is 9.72 Å². The predicted octanol–water partition coefficient (Wildman–Crippen LogP) is 4.43. The number of halogens is 2. The number of alkyl halides is 2. The zero-order valence-electron chi connectivity index (χ0n) is 15.7. The highest BCUT2D eigenvalue weighted by Gasteiger charge is 2.23. The minimum Gasteiger partial charge on any atom is -0.489 e. The van der Waals surface area contributed by atoms with Gasteiger partial charge in [-0.3, -0.25) is 4.98 Å². The average molecular weight is 391 g/mol. The maximum absolute atomic E-state index is 12.6. The van der Waals surface area contributed by atoms with Crippen molar-refractivity contribution in [2.75, 3.05) is 13.2 Å². The van der Waals surface area contributed by atoms with E-state index in [0.29, 0.717) is 43.3 Å². The van der Waals surface area contributed by atoms with Crippen LogP contribution in [0.5, 0.6) is 11.5 Å². The molecule has 1 saturated carbocycles. The molecule has 2 aromatic rings. The van der Waals surface area contributed by atoms with Gasteiger partial charge in [0.15, 0.2) is 11.5 Å². The second-order valence-corrected chi connectivity index (χ2v) is 6.67. The number of esters is 1. The number of hydrogen-bond donors (Lipinski definition) is 0. The van der Waals surface area contributed by atoms with Crippen molar-refractivity contribution in [1.29, 1.82) is 0 Å². The number of hydrogen-bond acceptors (Lipinski definition) is 5. The van der Waals surface area contributed by atoms with Crippen molar-refractivity contribution < 1.29 is 27.8 Å². The maximum atomic E-state index is 12.6. The van der Waals surface area contributed by atoms with Gasteiger partial charge in [0.1, 0.15) is 0 Å². The first kappa shape index (κ1) is 20.0. The van der Waals surface area contributed by atoms with E-state index in [4.69, 9.17) is 9.47 Å². The number of pyridine rings is 1. The van der Waals surface area contributed by atoms with Crippen molar-refractivity contribution in [3.8, 4) is 11.5 Å². The van der Waals surface area contributed by atoms with Gasteiger partial charge in [-0.25, -0.2) is 4.79 Å². The van der Waals surface area contributed by atoms with Gasteiger partial charge in [0.25, 0.3) is 0 Å². The SMILES string of the molecule is CCOC(=O)c1ccnc(CCc2ccc(OC(F)F)c(OCC3CC3)c2)c1. The molecule has 1 aliphatic carbocycles. The van der Waals surface area contributed by atoms with Gasteiger partial charge < -0.3 is 14.2 Å². The van der Waals surface area contributed by atoms with Crippen LogP contribution >= 0.6 is 0 Å². The lowest BCUT2D eigenvalue weighted by molar-refractivity contribution is -0.0515. The maximum Gasteiger partial charge on any atom is 0.387 e. The van der Waals surface area contributed by atoms with Crippen LogP contribution in [0.25, 0.3) is 0 Å². The Morgan fingerprint density at radius 2 is 2.00 bits per heavy atom. The Labute approximate surface area is 162 Å². The molecule has 0 unspecified atom stereocenters. The second kappa shape index (κ2) is 9.48. The van der Waals surface area contributed by atoms with Gasteiger partial charge in [-0.1, -0.05) is 6.07 Å². The van der Waals surface area contributed by atoms with E-state index in [9.17, 15) is 13.6 Å². The lowest BCUT2D eigenvalue weighted by Crippen LogP contribution is -2.07. The van der Waals surface area contributed by atoms with E-state index in [0.717, 1.165) is 24.1 Å². The first-order chi connectivity index (χ1) is 13.5. The van der Waals surface area contributed by atoms with E-state index in [1.807, 2.05) is 0 Å². The Morgan fingerprint density at radius 1 is 1.18 bits per heavy atom. The minimum atomic E-state index is -2.90. The summed E-state index contributed by atoms with van der Waals surface area (Å²) in [5, 5.41) is 0. The Morgan fingerprint density at radius 3 is 2.71 bits per heavy atom. The lowest BCUT2D eigenvalue weighted by Gasteiger charge is -2.13. The summed E-state index contributed by atoms with van der Waals surface area (Å²) in [5.41, 5.74) is 2.12. The highest BCUT2D eigenvalue weighted by molar-refractivity contribution is 5.89. The lowest BCUT2D eigenvalue weighted by atomic mass is 10.1. The fourth-order valence-corrected chi connectivity index (χ4v) is 2.73. The molecule has 0 aliphatic heterocycles. The van der Waals surface area contributed by atoms with Gasteiger partial charge >= 0.3 is 12.6 Å². The highest BCUT2D eigenvalue weighted by atomic mass is 19.3. The molecule has 0 N–H and O–H groups in total. The van der Waals surface area contributed by atoms with Crippen molar-refractivity contribution >= 4 is 5.97 Å². The van der Waals surface area contributed by atoms with Crippen LogP contribution in [0.3, 0.4) is 0 Å². The number of benzene rings is 1. The van der Waals surface area contributed by atoms with Crippen molar-refractivity contribution in [2.45, 2.75) is 39.2 Å². The summed E-state index contributed by atoms with van der Waals surface area (Å²) < 4.78 is 40.5. The first-order valence-corrected chi connectivity index (χ1v) is 9.37. The number of carbonyl (C=O) groups is 1. The van der Waals surface area contributed by atoms with Crippen LogP contribution in [-0.4, -0.2) is 30.8 Å².